The summed E-state index contributed by atoms with van der Waals surface area (Å²) < 4.78 is 0. The van der Waals surface area contributed by atoms with E-state index in [1.807, 2.05) is 18.7 Å². The van der Waals surface area contributed by atoms with Crippen molar-refractivity contribution in [1.29, 1.82) is 0 Å². The van der Waals surface area contributed by atoms with Gasteiger partial charge in [0.25, 0.3) is 0 Å². The number of aromatic nitrogens is 1. The van der Waals surface area contributed by atoms with Crippen LogP contribution in [0.25, 0.3) is 0 Å². The number of rotatable bonds is 2. The van der Waals surface area contributed by atoms with Gasteiger partial charge in [-0.15, -0.1) is 11.3 Å². The summed E-state index contributed by atoms with van der Waals surface area (Å²) in [5, 5.41) is 1.09. The van der Waals surface area contributed by atoms with Gasteiger partial charge in [-0.3, -0.25) is 9.69 Å². The highest BCUT2D eigenvalue weighted by Crippen LogP contribution is 2.32. The van der Waals surface area contributed by atoms with Crippen molar-refractivity contribution in [3.05, 3.63) is 15.6 Å². The lowest BCUT2D eigenvalue weighted by Crippen LogP contribution is -2.32. The highest BCUT2D eigenvalue weighted by molar-refractivity contribution is 7.99. The first kappa shape index (κ1) is 12.1. The Balaban J connectivity index is 2.26. The van der Waals surface area contributed by atoms with Crippen LogP contribution in [0.4, 0.5) is 0 Å². The van der Waals surface area contributed by atoms with E-state index >= 15 is 0 Å². The zero-order chi connectivity index (χ0) is 11.7. The third kappa shape index (κ3) is 2.31. The molecule has 2 heterocycles. The zero-order valence-electron chi connectivity index (χ0n) is 9.82. The number of carbonyl (C=O) groups excluding carboxylic acids is 1. The van der Waals surface area contributed by atoms with Crippen LogP contribution < -0.4 is 0 Å². The molecule has 1 aliphatic heterocycles. The predicted molar refractivity (Wildman–Crippen MR) is 69.6 cm³/mol. The average Bonchev–Trinajstić information content (AvgIpc) is 2.61. The summed E-state index contributed by atoms with van der Waals surface area (Å²) in [6.45, 7) is 4.64. The fraction of sp³-hybridized carbons (Fsp3) is 0.636. The van der Waals surface area contributed by atoms with Crippen molar-refractivity contribution in [3.63, 3.8) is 0 Å². The van der Waals surface area contributed by atoms with Crippen LogP contribution in [-0.4, -0.2) is 40.8 Å². The minimum absolute atomic E-state index is 0.132. The number of ketones is 1. The monoisotopic (exact) mass is 256 g/mol. The van der Waals surface area contributed by atoms with Crippen molar-refractivity contribution in [2.24, 2.45) is 0 Å². The largest absolute Gasteiger partial charge is 0.296 e. The maximum atomic E-state index is 11.4. The van der Waals surface area contributed by atoms with E-state index in [0.29, 0.717) is 6.04 Å². The van der Waals surface area contributed by atoms with Gasteiger partial charge in [-0.05, 0) is 14.0 Å². The van der Waals surface area contributed by atoms with Gasteiger partial charge in [0.1, 0.15) is 5.01 Å². The van der Waals surface area contributed by atoms with Gasteiger partial charge in [0.15, 0.2) is 5.78 Å². The molecule has 5 heteroatoms. The Morgan fingerprint density at radius 3 is 2.88 bits per heavy atom. The quantitative estimate of drug-likeness (QED) is 0.761. The van der Waals surface area contributed by atoms with E-state index in [4.69, 9.17) is 0 Å². The van der Waals surface area contributed by atoms with Crippen LogP contribution in [0.15, 0.2) is 0 Å². The molecule has 2 rings (SSSR count). The summed E-state index contributed by atoms with van der Waals surface area (Å²) >= 11 is 3.53. The van der Waals surface area contributed by atoms with Gasteiger partial charge in [0, 0.05) is 25.0 Å². The molecular formula is C11H16N2OS2. The van der Waals surface area contributed by atoms with Crippen molar-refractivity contribution in [2.75, 3.05) is 25.1 Å². The van der Waals surface area contributed by atoms with Gasteiger partial charge in [-0.25, -0.2) is 4.98 Å². The molecule has 1 atom stereocenters. The van der Waals surface area contributed by atoms with Crippen LogP contribution >= 0.6 is 23.1 Å². The normalized spacial score (nSPS) is 22.3. The molecular weight excluding hydrogens is 240 g/mol. The summed E-state index contributed by atoms with van der Waals surface area (Å²) in [6, 6.07) is 0.385. The molecule has 1 aromatic rings. The van der Waals surface area contributed by atoms with Crippen LogP contribution in [0.1, 0.15) is 33.3 Å². The molecule has 1 unspecified atom stereocenters. The molecule has 1 saturated heterocycles. The fourth-order valence-electron chi connectivity index (χ4n) is 1.83. The second-order valence-corrected chi connectivity index (χ2v) is 6.27. The minimum atomic E-state index is 0.132. The Bertz CT molecular complexity index is 403. The molecule has 0 aromatic carbocycles. The van der Waals surface area contributed by atoms with E-state index in [0.717, 1.165) is 27.9 Å². The molecule has 0 aliphatic carbocycles. The number of nitrogens with zero attached hydrogens (tertiary/aromatic N) is 2. The molecule has 0 bridgehead atoms. The molecule has 0 radical (unpaired) electrons. The van der Waals surface area contributed by atoms with Crippen molar-refractivity contribution in [1.82, 2.24) is 9.88 Å². The summed E-state index contributed by atoms with van der Waals surface area (Å²) in [6.07, 6.45) is 0. The standard InChI is InChI=1S/C11H16N2OS2/c1-7-10(8(2)14)16-11(12-7)9-6-15-5-4-13(9)3/h9H,4-6H2,1-3H3. The van der Waals surface area contributed by atoms with Crippen molar-refractivity contribution in [3.8, 4) is 0 Å². The van der Waals surface area contributed by atoms with E-state index < -0.39 is 0 Å². The molecule has 16 heavy (non-hydrogen) atoms. The number of aryl methyl sites for hydroxylation is 1. The molecule has 0 N–H and O–H groups in total. The van der Waals surface area contributed by atoms with Crippen molar-refractivity contribution >= 4 is 28.9 Å². The average molecular weight is 256 g/mol. The zero-order valence-corrected chi connectivity index (χ0v) is 11.5. The lowest BCUT2D eigenvalue weighted by molar-refractivity contribution is 0.102. The number of hydrogen-bond donors (Lipinski definition) is 0. The maximum Gasteiger partial charge on any atom is 0.171 e. The number of hydrogen-bond acceptors (Lipinski definition) is 5. The Morgan fingerprint density at radius 2 is 2.31 bits per heavy atom. The summed E-state index contributed by atoms with van der Waals surface area (Å²) in [5.41, 5.74) is 0.886. The topological polar surface area (TPSA) is 33.2 Å². The Kier molecular flexibility index (Phi) is 3.66. The van der Waals surface area contributed by atoms with E-state index in [9.17, 15) is 4.79 Å². The first-order valence-corrected chi connectivity index (χ1v) is 7.33. The predicted octanol–water partition coefficient (Wildman–Crippen LogP) is 2.37. The minimum Gasteiger partial charge on any atom is -0.296 e. The van der Waals surface area contributed by atoms with Crippen molar-refractivity contribution < 1.29 is 4.79 Å². The number of thiazole rings is 1. The van der Waals surface area contributed by atoms with Crippen LogP contribution in [0.3, 0.4) is 0 Å². The molecule has 1 aliphatic rings. The molecule has 0 saturated carbocycles. The molecule has 0 spiro atoms. The third-order valence-corrected chi connectivity index (χ3v) is 5.20. The lowest BCUT2D eigenvalue weighted by Gasteiger charge is -2.30. The SMILES string of the molecule is CC(=O)c1sc(C2CSCCN2C)nc1C. The Hall–Kier alpha value is -0.390. The van der Waals surface area contributed by atoms with Gasteiger partial charge in [-0.1, -0.05) is 0 Å². The number of Topliss-reactive ketones (excluding diaryl/α,β-unsaturated/α-hetero) is 1. The van der Waals surface area contributed by atoms with Gasteiger partial charge in [0.2, 0.25) is 0 Å². The first-order valence-electron chi connectivity index (χ1n) is 5.36. The van der Waals surface area contributed by atoms with Crippen LogP contribution in [0.5, 0.6) is 0 Å². The van der Waals surface area contributed by atoms with E-state index in [1.54, 1.807) is 18.3 Å². The van der Waals surface area contributed by atoms with Crippen molar-refractivity contribution in [2.45, 2.75) is 19.9 Å². The smallest absolute Gasteiger partial charge is 0.171 e. The van der Waals surface area contributed by atoms with Gasteiger partial charge < -0.3 is 0 Å². The highest BCUT2D eigenvalue weighted by atomic mass is 32.2. The molecule has 1 fully saturated rings. The van der Waals surface area contributed by atoms with Crippen LogP contribution in [-0.2, 0) is 0 Å². The summed E-state index contributed by atoms with van der Waals surface area (Å²) in [4.78, 5) is 19.1. The summed E-state index contributed by atoms with van der Waals surface area (Å²) in [5.74, 6) is 2.41. The summed E-state index contributed by atoms with van der Waals surface area (Å²) in [7, 11) is 2.13. The molecule has 1 aromatic heterocycles. The number of carbonyl (C=O) groups is 1. The third-order valence-electron chi connectivity index (χ3n) is 2.81. The first-order chi connectivity index (χ1) is 7.59. The number of thioether (sulfide) groups is 1. The Morgan fingerprint density at radius 1 is 1.56 bits per heavy atom. The van der Waals surface area contributed by atoms with E-state index in [1.165, 1.54) is 5.75 Å². The molecule has 88 valence electrons. The second kappa shape index (κ2) is 4.85. The van der Waals surface area contributed by atoms with Gasteiger partial charge in [0.05, 0.1) is 16.6 Å². The molecule has 3 nitrogen and oxygen atoms in total. The second-order valence-electron chi connectivity index (χ2n) is 4.09. The molecule has 0 amide bonds. The van der Waals surface area contributed by atoms with Gasteiger partial charge in [-0.2, -0.15) is 11.8 Å². The van der Waals surface area contributed by atoms with Crippen LogP contribution in [0.2, 0.25) is 0 Å². The highest BCUT2D eigenvalue weighted by Gasteiger charge is 2.25. The fourth-order valence-corrected chi connectivity index (χ4v) is 4.29. The van der Waals surface area contributed by atoms with E-state index in [2.05, 4.69) is 16.9 Å². The van der Waals surface area contributed by atoms with E-state index in [-0.39, 0.29) is 5.78 Å². The van der Waals surface area contributed by atoms with Gasteiger partial charge >= 0.3 is 0 Å². The maximum absolute atomic E-state index is 11.4. The van der Waals surface area contributed by atoms with Crippen LogP contribution in [0, 0.1) is 6.92 Å². The Labute approximate surface area is 104 Å². The lowest BCUT2D eigenvalue weighted by atomic mass is 10.3.